The van der Waals surface area contributed by atoms with Gasteiger partial charge in [0.1, 0.15) is 0 Å². The maximum Gasteiger partial charge on any atom is 0.0449 e. The van der Waals surface area contributed by atoms with Crippen molar-refractivity contribution >= 4 is 113 Å². The normalized spacial score (nSPS) is 11.4. The summed E-state index contributed by atoms with van der Waals surface area (Å²) in [5, 5.41) is 0. The molecule has 0 atom stereocenters. The minimum absolute atomic E-state index is 1.21. The maximum absolute atomic E-state index is 2.34. The van der Waals surface area contributed by atoms with Crippen LogP contribution in [0.3, 0.4) is 0 Å². The summed E-state index contributed by atoms with van der Waals surface area (Å²) in [5.74, 6) is 0. The van der Waals surface area contributed by atoms with Crippen molar-refractivity contribution < 1.29 is 0 Å². The van der Waals surface area contributed by atoms with Crippen molar-refractivity contribution in [2.45, 2.75) is 91.9 Å². The van der Waals surface area contributed by atoms with Gasteiger partial charge < -0.3 is 0 Å². The van der Waals surface area contributed by atoms with Crippen molar-refractivity contribution in [1.82, 2.24) is 0 Å². The molecule has 10 aromatic heterocycles. The highest BCUT2D eigenvalue weighted by Crippen LogP contribution is 2.47. The van der Waals surface area contributed by atoms with Gasteiger partial charge in [-0.2, -0.15) is 0 Å². The van der Waals surface area contributed by atoms with E-state index in [4.69, 9.17) is 0 Å². The molecule has 384 valence electrons. The molecular formula is C66H60S10. The van der Waals surface area contributed by atoms with E-state index in [1.807, 2.05) is 113 Å². The fourth-order valence-corrected chi connectivity index (χ4v) is 19.7. The lowest BCUT2D eigenvalue weighted by molar-refractivity contribution is 0.670. The zero-order valence-electron chi connectivity index (χ0n) is 43.3. The van der Waals surface area contributed by atoms with Crippen LogP contribution in [0.2, 0.25) is 0 Å². The van der Waals surface area contributed by atoms with Gasteiger partial charge in [-0.25, -0.2) is 0 Å². The Morgan fingerprint density at radius 3 is 0.763 bits per heavy atom. The van der Waals surface area contributed by atoms with Gasteiger partial charge in [0.2, 0.25) is 0 Å². The summed E-state index contributed by atoms with van der Waals surface area (Å²) in [4.78, 5) is 27.6. The molecule has 10 heterocycles. The molecule has 0 saturated carbocycles. The van der Waals surface area contributed by atoms with Crippen molar-refractivity contribution in [3.63, 3.8) is 0 Å². The van der Waals surface area contributed by atoms with Gasteiger partial charge >= 0.3 is 0 Å². The van der Waals surface area contributed by atoms with Gasteiger partial charge in [-0.3, -0.25) is 0 Å². The molecule has 10 heteroatoms. The van der Waals surface area contributed by atoms with E-state index >= 15 is 0 Å². The maximum atomic E-state index is 2.34. The van der Waals surface area contributed by atoms with Gasteiger partial charge in [0, 0.05) is 97.5 Å². The van der Waals surface area contributed by atoms with Gasteiger partial charge in [0.25, 0.3) is 0 Å². The molecule has 0 nitrogen and oxygen atoms in total. The average molecular weight is 1170 g/mol. The Balaban J connectivity index is 0.000000193. The van der Waals surface area contributed by atoms with Crippen molar-refractivity contribution in [1.29, 1.82) is 0 Å². The first-order valence-electron chi connectivity index (χ1n) is 26.5. The number of rotatable bonds is 20. The van der Waals surface area contributed by atoms with E-state index in [1.165, 1.54) is 184 Å². The molecule has 12 aromatic rings. The summed E-state index contributed by atoms with van der Waals surface area (Å²) in [6.45, 7) is 8.89. The quantitative estimate of drug-likeness (QED) is 0.0667. The summed E-state index contributed by atoms with van der Waals surface area (Å²) in [6.07, 6.45) is 13.1. The molecule has 0 aliphatic rings. The van der Waals surface area contributed by atoms with Crippen molar-refractivity contribution in [2.24, 2.45) is 0 Å². The second kappa shape index (κ2) is 25.5. The molecule has 0 radical (unpaired) electrons. The standard InChI is InChI=1S/C43H36S6.C23H24S4/c1-3-4-5-6-7-33-17-19-36(45-33)37-22-23-40(47-37)41-26-27-43(49-41)42-25-24-39(48-42)38-21-20-35(46-38)32-15-11-30(12-16-32)29-9-13-31(14-10-29)34-18-8-28(2)44-34;1-3-4-5-6-7-17-9-11-19(25-17)21-13-15-23(27-21)22-14-12-20(26-22)18-10-8-16(2)24-18/h8-27H,3-7H2,1-2H3;8-15H,3-7H2,1-2H3. The zero-order valence-corrected chi connectivity index (χ0v) is 51.5. The van der Waals surface area contributed by atoms with E-state index in [-0.39, 0.29) is 0 Å². The number of aryl methyl sites for hydroxylation is 4. The predicted octanol–water partition coefficient (Wildman–Crippen LogP) is 25.5. The lowest BCUT2D eigenvalue weighted by Crippen LogP contribution is -1.80. The topological polar surface area (TPSA) is 0 Å². The minimum atomic E-state index is 1.21. The smallest absolute Gasteiger partial charge is 0.0449 e. The first kappa shape index (κ1) is 53.4. The average Bonchev–Trinajstić information content (AvgIpc) is 4.30. The van der Waals surface area contributed by atoms with E-state index < -0.39 is 0 Å². The summed E-state index contributed by atoms with van der Waals surface area (Å²) < 4.78 is 0. The van der Waals surface area contributed by atoms with Gasteiger partial charge in [-0.05, 0) is 183 Å². The third-order valence-corrected chi connectivity index (χ3v) is 25.6. The van der Waals surface area contributed by atoms with Gasteiger partial charge in [0.15, 0.2) is 0 Å². The molecule has 0 N–H and O–H groups in total. The van der Waals surface area contributed by atoms with Gasteiger partial charge in [-0.15, -0.1) is 113 Å². The first-order valence-corrected chi connectivity index (χ1v) is 34.6. The highest BCUT2D eigenvalue weighted by molar-refractivity contribution is 7.30. The van der Waals surface area contributed by atoms with E-state index in [9.17, 15) is 0 Å². The van der Waals surface area contributed by atoms with Crippen LogP contribution in [0.15, 0.2) is 170 Å². The molecule has 0 saturated heterocycles. The van der Waals surface area contributed by atoms with Gasteiger partial charge in [-0.1, -0.05) is 101 Å². The molecule has 12 rings (SSSR count). The van der Waals surface area contributed by atoms with E-state index in [0.717, 1.165) is 0 Å². The number of unbranched alkanes of at least 4 members (excludes halogenated alkanes) is 6. The molecule has 0 bridgehead atoms. The fraction of sp³-hybridized carbons (Fsp3) is 0.212. The second-order valence-corrected chi connectivity index (χ2v) is 30.5. The first-order chi connectivity index (χ1) is 37.3. The highest BCUT2D eigenvalue weighted by atomic mass is 32.1. The van der Waals surface area contributed by atoms with Crippen LogP contribution in [0, 0.1) is 13.8 Å². The van der Waals surface area contributed by atoms with Crippen molar-refractivity contribution in [2.75, 3.05) is 0 Å². The van der Waals surface area contributed by atoms with Crippen LogP contribution in [-0.2, 0) is 12.8 Å². The van der Waals surface area contributed by atoms with E-state index in [2.05, 4.69) is 198 Å². The highest BCUT2D eigenvalue weighted by Gasteiger charge is 2.15. The lowest BCUT2D eigenvalue weighted by atomic mass is 10.0. The lowest BCUT2D eigenvalue weighted by Gasteiger charge is -2.05. The molecule has 0 spiro atoms. The molecule has 0 unspecified atom stereocenters. The second-order valence-electron chi connectivity index (χ2n) is 19.1. The molecule has 0 aliphatic heterocycles. The molecule has 0 amide bonds. The van der Waals surface area contributed by atoms with Crippen molar-refractivity contribution in [3.05, 3.63) is 189 Å². The Morgan fingerprint density at radius 2 is 0.447 bits per heavy atom. The Labute approximate surface area is 490 Å². The van der Waals surface area contributed by atoms with Crippen LogP contribution in [-0.4, -0.2) is 0 Å². The molecule has 2 aromatic carbocycles. The summed E-state index contributed by atoms with van der Waals surface area (Å²) >= 11 is 19.1. The van der Waals surface area contributed by atoms with Crippen LogP contribution in [0.4, 0.5) is 0 Å². The fourth-order valence-electron chi connectivity index (χ4n) is 9.19. The number of hydrogen-bond acceptors (Lipinski definition) is 10. The van der Waals surface area contributed by atoms with Crippen LogP contribution >= 0.6 is 113 Å². The van der Waals surface area contributed by atoms with Crippen LogP contribution < -0.4 is 0 Å². The minimum Gasteiger partial charge on any atom is -0.141 e. The molecule has 76 heavy (non-hydrogen) atoms. The van der Waals surface area contributed by atoms with Crippen LogP contribution in [0.1, 0.15) is 84.7 Å². The summed E-state index contributed by atoms with van der Waals surface area (Å²) in [6, 6.07) is 63.6. The van der Waals surface area contributed by atoms with Crippen LogP contribution in [0.5, 0.6) is 0 Å². The predicted molar refractivity (Wildman–Crippen MR) is 351 cm³/mol. The Bertz CT molecular complexity index is 3720. The monoisotopic (exact) mass is 1170 g/mol. The number of hydrogen-bond donors (Lipinski definition) is 0. The zero-order chi connectivity index (χ0) is 51.8. The molecule has 0 fully saturated rings. The van der Waals surface area contributed by atoms with E-state index in [1.54, 1.807) is 0 Å². The third-order valence-electron chi connectivity index (χ3n) is 13.4. The largest absolute Gasteiger partial charge is 0.141 e. The Hall–Kier alpha value is -4.56. The number of thiophene rings is 10. The third kappa shape index (κ3) is 13.1. The summed E-state index contributed by atoms with van der Waals surface area (Å²) in [5.41, 5.74) is 5.06. The Morgan fingerprint density at radius 1 is 0.211 bits per heavy atom. The Kier molecular flexibility index (Phi) is 17.9. The number of benzene rings is 2. The van der Waals surface area contributed by atoms with Crippen molar-refractivity contribution in [3.8, 4) is 100 Å². The molecule has 0 aliphatic carbocycles. The summed E-state index contributed by atoms with van der Waals surface area (Å²) in [7, 11) is 0. The SMILES string of the molecule is CCCCCCc1ccc(-c2ccc(-c3ccc(-c4ccc(-c5ccc(-c6ccc(-c7ccc(-c8ccc(C)s8)cc7)cc6)s5)s4)s3)s2)s1.CCCCCCc1ccc(-c2ccc(-c3ccc(-c4ccc(C)s4)s3)s2)s1. The van der Waals surface area contributed by atoms with Gasteiger partial charge in [0.05, 0.1) is 0 Å². The molecular weight excluding hydrogens is 1110 g/mol. The van der Waals surface area contributed by atoms with E-state index in [0.29, 0.717) is 0 Å². The van der Waals surface area contributed by atoms with Crippen LogP contribution in [0.25, 0.3) is 100 Å².